The number of rotatable bonds is 4. The van der Waals surface area contributed by atoms with Crippen molar-refractivity contribution in [3.05, 3.63) is 69.2 Å². The van der Waals surface area contributed by atoms with E-state index < -0.39 is 46.8 Å². The molecule has 0 radical (unpaired) electrons. The van der Waals surface area contributed by atoms with Gasteiger partial charge in [-0.2, -0.15) is 18.3 Å². The van der Waals surface area contributed by atoms with Crippen LogP contribution in [0, 0.1) is 0 Å². The van der Waals surface area contributed by atoms with Crippen LogP contribution in [0.4, 0.5) is 27.2 Å². The van der Waals surface area contributed by atoms with Crippen LogP contribution in [-0.4, -0.2) is 67.7 Å². The summed E-state index contributed by atoms with van der Waals surface area (Å²) in [6, 6.07) is 7.56. The van der Waals surface area contributed by atoms with Crippen molar-refractivity contribution in [3.8, 4) is 0 Å². The van der Waals surface area contributed by atoms with Crippen molar-refractivity contribution in [3.63, 3.8) is 0 Å². The first-order chi connectivity index (χ1) is 20.1. The number of likely N-dealkylation sites (tertiary alicyclic amines) is 1. The normalized spacial score (nSPS) is 20.9. The minimum Gasteiger partial charge on any atom is -0.444 e. The molecule has 2 aliphatic rings. The lowest BCUT2D eigenvalue weighted by molar-refractivity contribution is -0.138. The number of alkyl halides is 4. The van der Waals surface area contributed by atoms with Gasteiger partial charge in [-0.25, -0.2) is 9.18 Å². The molecule has 2 saturated heterocycles. The van der Waals surface area contributed by atoms with Crippen LogP contribution >= 0.6 is 23.4 Å². The number of imide groups is 1. The zero-order valence-electron chi connectivity index (χ0n) is 23.3. The predicted octanol–water partition coefficient (Wildman–Crippen LogP) is 7.14. The Kier molecular flexibility index (Phi) is 8.25. The highest BCUT2D eigenvalue weighted by molar-refractivity contribution is 8.18. The third-order valence-electron chi connectivity index (χ3n) is 6.98. The highest BCUT2D eigenvalue weighted by Gasteiger charge is 2.46. The van der Waals surface area contributed by atoms with Crippen molar-refractivity contribution < 1.29 is 36.7 Å². The van der Waals surface area contributed by atoms with E-state index in [-0.39, 0.29) is 41.5 Å². The molecule has 228 valence electrons. The summed E-state index contributed by atoms with van der Waals surface area (Å²) < 4.78 is 62.6. The van der Waals surface area contributed by atoms with Gasteiger partial charge in [0.15, 0.2) is 0 Å². The van der Waals surface area contributed by atoms with E-state index in [4.69, 9.17) is 16.3 Å². The maximum Gasteiger partial charge on any atom is 0.416 e. The Morgan fingerprint density at radius 3 is 2.58 bits per heavy atom. The van der Waals surface area contributed by atoms with Crippen molar-refractivity contribution in [1.82, 2.24) is 19.6 Å². The SMILES string of the molecule is CC(C)(C)OC(=O)N1CC[C@@H](N2C(=O)S/C(=C\c3ccc4c(cnn4Cc4ccc(Cl)cc4C(F)(F)F)c3)C2=O)[C@@H](F)C1. The van der Waals surface area contributed by atoms with Crippen molar-refractivity contribution >= 4 is 57.6 Å². The molecule has 2 aliphatic heterocycles. The van der Waals surface area contributed by atoms with Gasteiger partial charge in [-0.15, -0.1) is 0 Å². The molecule has 3 amide bonds. The average Bonchev–Trinajstić information content (AvgIpc) is 3.42. The summed E-state index contributed by atoms with van der Waals surface area (Å²) >= 11 is 6.48. The number of piperidine rings is 1. The number of ether oxygens (including phenoxy) is 1. The van der Waals surface area contributed by atoms with E-state index in [1.165, 1.54) is 34.0 Å². The summed E-state index contributed by atoms with van der Waals surface area (Å²) in [5.41, 5.74) is -0.474. The number of hydrogen-bond acceptors (Lipinski definition) is 6. The zero-order valence-corrected chi connectivity index (χ0v) is 24.9. The molecule has 3 heterocycles. The standard InChI is InChI=1S/C29H27ClF4N4O4S/c1-28(2,3)42-26(40)36-9-8-23(21(31)15-36)38-25(39)24(43-27(38)41)11-16-4-7-22-18(10-16)13-35-37(22)14-17-5-6-19(30)12-20(17)29(32,33)34/h4-7,10-13,21,23H,8-9,14-15H2,1-3H3/b24-11-/t21-,23+/m0/s1. The number of hydrogen-bond donors (Lipinski definition) is 0. The maximum absolute atomic E-state index is 15.2. The number of benzene rings is 2. The van der Waals surface area contributed by atoms with Gasteiger partial charge in [0.05, 0.1) is 41.3 Å². The van der Waals surface area contributed by atoms with Gasteiger partial charge in [0.2, 0.25) is 0 Å². The van der Waals surface area contributed by atoms with E-state index in [1.54, 1.807) is 39.0 Å². The topological polar surface area (TPSA) is 84.7 Å². The van der Waals surface area contributed by atoms with Crippen LogP contribution < -0.4 is 0 Å². The Bertz CT molecular complexity index is 1630. The Balaban J connectivity index is 1.31. The van der Waals surface area contributed by atoms with E-state index in [0.29, 0.717) is 28.2 Å². The summed E-state index contributed by atoms with van der Waals surface area (Å²) in [4.78, 5) is 40.6. The van der Waals surface area contributed by atoms with Crippen molar-refractivity contribution in [1.29, 1.82) is 0 Å². The van der Waals surface area contributed by atoms with Gasteiger partial charge in [-0.3, -0.25) is 19.2 Å². The van der Waals surface area contributed by atoms with E-state index >= 15 is 4.39 Å². The van der Waals surface area contributed by atoms with Crippen LogP contribution in [0.25, 0.3) is 17.0 Å². The van der Waals surface area contributed by atoms with Crippen molar-refractivity contribution in [2.24, 2.45) is 0 Å². The zero-order chi connectivity index (χ0) is 31.3. The molecule has 5 rings (SSSR count). The van der Waals surface area contributed by atoms with Gasteiger partial charge < -0.3 is 9.64 Å². The number of halogens is 5. The quantitative estimate of drug-likeness (QED) is 0.223. The summed E-state index contributed by atoms with van der Waals surface area (Å²) in [5.74, 6) is -0.633. The van der Waals surface area contributed by atoms with E-state index in [2.05, 4.69) is 5.10 Å². The second-order valence-electron chi connectivity index (χ2n) is 11.3. The highest BCUT2D eigenvalue weighted by Crippen LogP contribution is 2.37. The summed E-state index contributed by atoms with van der Waals surface area (Å²) in [7, 11) is 0. The van der Waals surface area contributed by atoms with Gasteiger partial charge in [0, 0.05) is 17.0 Å². The largest absolute Gasteiger partial charge is 0.444 e. The Morgan fingerprint density at radius 1 is 1.16 bits per heavy atom. The molecule has 0 spiro atoms. The lowest BCUT2D eigenvalue weighted by Gasteiger charge is -2.38. The summed E-state index contributed by atoms with van der Waals surface area (Å²) in [6.07, 6.45) is -3.82. The highest BCUT2D eigenvalue weighted by atomic mass is 35.5. The fourth-order valence-electron chi connectivity index (χ4n) is 5.03. The molecule has 2 atom stereocenters. The molecular weight excluding hydrogens is 612 g/mol. The van der Waals surface area contributed by atoms with Crippen LogP contribution in [-0.2, 0) is 22.3 Å². The van der Waals surface area contributed by atoms with Gasteiger partial charge in [-0.1, -0.05) is 23.7 Å². The lowest BCUT2D eigenvalue weighted by atomic mass is 10.0. The molecule has 2 aromatic carbocycles. The average molecular weight is 639 g/mol. The second kappa shape index (κ2) is 11.5. The maximum atomic E-state index is 15.2. The fourth-order valence-corrected chi connectivity index (χ4v) is 6.08. The summed E-state index contributed by atoms with van der Waals surface area (Å²) in [6.45, 7) is 4.79. The predicted molar refractivity (Wildman–Crippen MR) is 154 cm³/mol. The molecule has 8 nitrogen and oxygen atoms in total. The van der Waals surface area contributed by atoms with Gasteiger partial charge in [-0.05, 0) is 80.4 Å². The summed E-state index contributed by atoms with van der Waals surface area (Å²) in [5, 5.41) is 4.21. The molecule has 2 fully saturated rings. The molecule has 0 aliphatic carbocycles. The lowest BCUT2D eigenvalue weighted by Crippen LogP contribution is -2.55. The molecule has 0 saturated carbocycles. The minimum absolute atomic E-state index is 0.00254. The first kappa shape index (κ1) is 30.9. The van der Waals surface area contributed by atoms with Crippen LogP contribution in [0.5, 0.6) is 0 Å². The molecule has 14 heteroatoms. The number of thioether (sulfide) groups is 1. The van der Waals surface area contributed by atoms with Crippen LogP contribution in [0.3, 0.4) is 0 Å². The number of carbonyl (C=O) groups is 3. The molecule has 0 bridgehead atoms. The number of nitrogens with zero attached hydrogens (tertiary/aromatic N) is 4. The molecule has 0 N–H and O–H groups in total. The smallest absolute Gasteiger partial charge is 0.416 e. The molecule has 1 aromatic heterocycles. The fraction of sp³-hybridized carbons (Fsp3) is 0.379. The first-order valence-electron chi connectivity index (χ1n) is 13.3. The number of carbonyl (C=O) groups excluding carboxylic acids is 3. The van der Waals surface area contributed by atoms with Gasteiger partial charge >= 0.3 is 12.3 Å². The van der Waals surface area contributed by atoms with Crippen LogP contribution in [0.2, 0.25) is 5.02 Å². The Hall–Kier alpha value is -3.58. The van der Waals surface area contributed by atoms with Crippen LogP contribution in [0.15, 0.2) is 47.5 Å². The van der Waals surface area contributed by atoms with Gasteiger partial charge in [0.1, 0.15) is 11.8 Å². The third kappa shape index (κ3) is 6.67. The minimum atomic E-state index is -4.59. The van der Waals surface area contributed by atoms with Crippen molar-refractivity contribution in [2.75, 3.05) is 13.1 Å². The second-order valence-corrected chi connectivity index (χ2v) is 12.7. The molecule has 0 unspecified atom stereocenters. The van der Waals surface area contributed by atoms with Crippen molar-refractivity contribution in [2.45, 2.75) is 57.7 Å². The molecular formula is C29H27ClF4N4O4S. The molecule has 43 heavy (non-hydrogen) atoms. The van der Waals surface area contributed by atoms with Crippen LogP contribution in [0.1, 0.15) is 43.9 Å². The monoisotopic (exact) mass is 638 g/mol. The van der Waals surface area contributed by atoms with E-state index in [9.17, 15) is 27.6 Å². The number of fused-ring (bicyclic) bond motifs is 1. The molecule has 3 aromatic rings. The number of aromatic nitrogens is 2. The van der Waals surface area contributed by atoms with E-state index in [0.717, 1.165) is 11.0 Å². The van der Waals surface area contributed by atoms with Gasteiger partial charge in [0.25, 0.3) is 11.1 Å². The third-order valence-corrected chi connectivity index (χ3v) is 8.09. The van der Waals surface area contributed by atoms with E-state index in [1.807, 2.05) is 0 Å². The number of amides is 3. The Labute approximate surface area is 253 Å². The first-order valence-corrected chi connectivity index (χ1v) is 14.5. The Morgan fingerprint density at radius 2 is 1.91 bits per heavy atom.